The summed E-state index contributed by atoms with van der Waals surface area (Å²) < 4.78 is 6.58. The van der Waals surface area contributed by atoms with Gasteiger partial charge >= 0.3 is 0 Å². The standard InChI is InChI=1S/C47H32O/c1-47(2)42-27-34(19-21-37(42)41-25-32-11-6-7-12-33(32)26-43(41)47)30-15-17-31(18-16-30)36-23-24-44-46-39(36)13-8-14-40(46)38-22-20-35(28-45(38)48-44)29-9-4-3-5-10-29/h3-28H,1-2H3. The lowest BCUT2D eigenvalue weighted by atomic mass is 9.81. The predicted octanol–water partition coefficient (Wildman–Crippen LogP) is 13.1. The van der Waals surface area contributed by atoms with E-state index in [4.69, 9.17) is 4.74 Å². The zero-order valence-electron chi connectivity index (χ0n) is 26.9. The molecular weight excluding hydrogens is 581 g/mol. The summed E-state index contributed by atoms with van der Waals surface area (Å²) in [6, 6.07) is 57.6. The topological polar surface area (TPSA) is 9.23 Å². The fourth-order valence-corrected chi connectivity index (χ4v) is 8.14. The van der Waals surface area contributed by atoms with Gasteiger partial charge in [0.1, 0.15) is 11.5 Å². The Morgan fingerprint density at radius 3 is 1.81 bits per heavy atom. The van der Waals surface area contributed by atoms with Gasteiger partial charge in [0.25, 0.3) is 0 Å². The number of benzene rings is 8. The van der Waals surface area contributed by atoms with E-state index >= 15 is 0 Å². The first-order chi connectivity index (χ1) is 23.5. The maximum Gasteiger partial charge on any atom is 0.135 e. The molecule has 0 unspecified atom stereocenters. The Morgan fingerprint density at radius 1 is 0.375 bits per heavy atom. The summed E-state index contributed by atoms with van der Waals surface area (Å²) in [4.78, 5) is 0. The van der Waals surface area contributed by atoms with Crippen molar-refractivity contribution >= 4 is 21.5 Å². The van der Waals surface area contributed by atoms with Crippen LogP contribution in [-0.4, -0.2) is 0 Å². The lowest BCUT2D eigenvalue weighted by Gasteiger charge is -2.23. The van der Waals surface area contributed by atoms with Crippen molar-refractivity contribution in [1.29, 1.82) is 0 Å². The highest BCUT2D eigenvalue weighted by atomic mass is 16.5. The third-order valence-electron chi connectivity index (χ3n) is 10.7. The molecule has 226 valence electrons. The molecule has 8 aromatic rings. The molecule has 0 saturated heterocycles. The minimum atomic E-state index is -0.0577. The number of ether oxygens (including phenoxy) is 1. The Morgan fingerprint density at radius 2 is 1.00 bits per heavy atom. The molecule has 0 amide bonds. The van der Waals surface area contributed by atoms with Crippen LogP contribution in [0.2, 0.25) is 0 Å². The van der Waals surface area contributed by atoms with E-state index in [1.807, 2.05) is 0 Å². The van der Waals surface area contributed by atoms with E-state index in [1.165, 1.54) is 77.2 Å². The minimum absolute atomic E-state index is 0.0577. The summed E-state index contributed by atoms with van der Waals surface area (Å²) in [6.07, 6.45) is 0. The van der Waals surface area contributed by atoms with Gasteiger partial charge in [0.05, 0.1) is 0 Å². The Kier molecular flexibility index (Phi) is 5.69. The minimum Gasteiger partial charge on any atom is -0.456 e. The molecular formula is C47H32O. The zero-order chi connectivity index (χ0) is 32.0. The van der Waals surface area contributed by atoms with Crippen molar-refractivity contribution in [2.24, 2.45) is 0 Å². The van der Waals surface area contributed by atoms with Gasteiger partial charge in [0.15, 0.2) is 0 Å². The highest BCUT2D eigenvalue weighted by Crippen LogP contribution is 2.52. The second kappa shape index (κ2) is 10.0. The van der Waals surface area contributed by atoms with Crippen molar-refractivity contribution in [2.45, 2.75) is 19.3 Å². The van der Waals surface area contributed by atoms with Gasteiger partial charge < -0.3 is 4.74 Å². The average Bonchev–Trinajstić information content (AvgIpc) is 3.35. The number of hydrogen-bond acceptors (Lipinski definition) is 1. The van der Waals surface area contributed by atoms with Gasteiger partial charge in [-0.2, -0.15) is 0 Å². The van der Waals surface area contributed by atoms with Crippen molar-refractivity contribution < 1.29 is 4.74 Å². The number of rotatable bonds is 3. The Bertz CT molecular complexity index is 2590. The van der Waals surface area contributed by atoms with Crippen LogP contribution in [0.5, 0.6) is 11.5 Å². The van der Waals surface area contributed by atoms with Crippen LogP contribution in [0.1, 0.15) is 25.0 Å². The summed E-state index contributed by atoms with van der Waals surface area (Å²) in [6.45, 7) is 4.73. The summed E-state index contributed by atoms with van der Waals surface area (Å²) in [5.41, 5.74) is 15.1. The summed E-state index contributed by atoms with van der Waals surface area (Å²) in [5.74, 6) is 1.82. The van der Waals surface area contributed by atoms with E-state index in [9.17, 15) is 0 Å². The molecule has 0 radical (unpaired) electrons. The van der Waals surface area contributed by atoms with Crippen LogP contribution in [0.25, 0.3) is 77.2 Å². The van der Waals surface area contributed by atoms with E-state index in [-0.39, 0.29) is 5.41 Å². The molecule has 1 heteroatoms. The molecule has 48 heavy (non-hydrogen) atoms. The van der Waals surface area contributed by atoms with Gasteiger partial charge in [0.2, 0.25) is 0 Å². The molecule has 0 spiro atoms. The van der Waals surface area contributed by atoms with Crippen molar-refractivity contribution in [3.63, 3.8) is 0 Å². The molecule has 0 fully saturated rings. The molecule has 1 nitrogen and oxygen atoms in total. The number of fused-ring (bicyclic) bond motifs is 6. The fraction of sp³-hybridized carbons (Fsp3) is 0.0638. The maximum absolute atomic E-state index is 6.58. The summed E-state index contributed by atoms with van der Waals surface area (Å²) >= 11 is 0. The molecule has 0 atom stereocenters. The van der Waals surface area contributed by atoms with Crippen LogP contribution in [0.4, 0.5) is 0 Å². The molecule has 0 saturated carbocycles. The van der Waals surface area contributed by atoms with Crippen LogP contribution in [0, 0.1) is 0 Å². The lowest BCUT2D eigenvalue weighted by Crippen LogP contribution is -2.15. The van der Waals surface area contributed by atoms with E-state index in [1.54, 1.807) is 0 Å². The monoisotopic (exact) mass is 612 g/mol. The molecule has 0 bridgehead atoms. The average molecular weight is 613 g/mol. The molecule has 10 rings (SSSR count). The Hall–Kier alpha value is -5.92. The van der Waals surface area contributed by atoms with Gasteiger partial charge in [-0.1, -0.05) is 135 Å². The Labute approximate surface area is 280 Å². The molecule has 1 heterocycles. The van der Waals surface area contributed by atoms with E-state index in [0.29, 0.717) is 0 Å². The van der Waals surface area contributed by atoms with Crippen molar-refractivity contribution in [1.82, 2.24) is 0 Å². The van der Waals surface area contributed by atoms with Crippen molar-refractivity contribution in [2.75, 3.05) is 0 Å². The quantitative estimate of drug-likeness (QED) is 0.193. The van der Waals surface area contributed by atoms with Crippen LogP contribution >= 0.6 is 0 Å². The third kappa shape index (κ3) is 3.98. The maximum atomic E-state index is 6.58. The first-order valence-electron chi connectivity index (χ1n) is 16.8. The molecule has 8 aromatic carbocycles. The third-order valence-corrected chi connectivity index (χ3v) is 10.7. The molecule has 0 N–H and O–H groups in total. The Balaban J connectivity index is 1.01. The second-order valence-corrected chi connectivity index (χ2v) is 13.7. The lowest BCUT2D eigenvalue weighted by molar-refractivity contribution is 0.487. The highest BCUT2D eigenvalue weighted by molar-refractivity contribution is 6.10. The summed E-state index contributed by atoms with van der Waals surface area (Å²) in [7, 11) is 0. The molecule has 0 aromatic heterocycles. The van der Waals surface area contributed by atoms with Crippen LogP contribution < -0.4 is 4.74 Å². The second-order valence-electron chi connectivity index (χ2n) is 13.7. The first kappa shape index (κ1) is 27.2. The SMILES string of the molecule is CC1(C)c2cc(-c3ccc(-c4ccc5c6c(cccc46)-c4ccc(-c6ccccc6)cc4O5)cc3)ccc2-c2cc3ccccc3cc21. The van der Waals surface area contributed by atoms with Crippen molar-refractivity contribution in [3.8, 4) is 67.1 Å². The largest absolute Gasteiger partial charge is 0.456 e. The molecule has 1 aliphatic carbocycles. The number of hydrogen-bond donors (Lipinski definition) is 0. The fourth-order valence-electron chi connectivity index (χ4n) is 8.14. The van der Waals surface area contributed by atoms with E-state index in [0.717, 1.165) is 22.6 Å². The van der Waals surface area contributed by atoms with Gasteiger partial charge in [-0.25, -0.2) is 0 Å². The van der Waals surface area contributed by atoms with E-state index in [2.05, 4.69) is 172 Å². The molecule has 2 aliphatic rings. The van der Waals surface area contributed by atoms with Gasteiger partial charge in [-0.3, -0.25) is 0 Å². The van der Waals surface area contributed by atoms with Crippen LogP contribution in [0.15, 0.2) is 158 Å². The van der Waals surface area contributed by atoms with Gasteiger partial charge in [0, 0.05) is 16.4 Å². The van der Waals surface area contributed by atoms with Gasteiger partial charge in [-0.05, 0) is 114 Å². The smallest absolute Gasteiger partial charge is 0.135 e. The van der Waals surface area contributed by atoms with Crippen LogP contribution in [0.3, 0.4) is 0 Å². The zero-order valence-corrected chi connectivity index (χ0v) is 26.9. The van der Waals surface area contributed by atoms with Crippen LogP contribution in [-0.2, 0) is 5.41 Å². The molecule has 1 aliphatic heterocycles. The van der Waals surface area contributed by atoms with Gasteiger partial charge in [-0.15, -0.1) is 0 Å². The predicted molar refractivity (Wildman–Crippen MR) is 201 cm³/mol. The highest BCUT2D eigenvalue weighted by Gasteiger charge is 2.36. The first-order valence-corrected chi connectivity index (χ1v) is 16.8. The van der Waals surface area contributed by atoms with Crippen molar-refractivity contribution in [3.05, 3.63) is 169 Å². The van der Waals surface area contributed by atoms with E-state index < -0.39 is 0 Å². The summed E-state index contributed by atoms with van der Waals surface area (Å²) in [5, 5.41) is 4.98. The normalized spacial score (nSPS) is 13.5.